The molecule has 24 heavy (non-hydrogen) atoms. The monoisotopic (exact) mass is 350 g/mol. The van der Waals surface area contributed by atoms with Gasteiger partial charge in [-0.15, -0.1) is 0 Å². The Balaban J connectivity index is 1.92. The summed E-state index contributed by atoms with van der Waals surface area (Å²) in [5.41, 5.74) is 0.825. The number of rotatable bonds is 5. The number of hydrogen-bond donors (Lipinski definition) is 0. The lowest BCUT2D eigenvalue weighted by molar-refractivity contribution is 0.150. The lowest BCUT2D eigenvalue weighted by Gasteiger charge is -2.16. The molecule has 2 heterocycles. The van der Waals surface area contributed by atoms with Gasteiger partial charge in [0.25, 0.3) is 0 Å². The molecule has 128 valence electrons. The lowest BCUT2D eigenvalue weighted by atomic mass is 9.93. The van der Waals surface area contributed by atoms with Crippen LogP contribution in [0, 0.1) is 11.7 Å². The van der Waals surface area contributed by atoms with Crippen molar-refractivity contribution in [1.82, 2.24) is 9.29 Å². The van der Waals surface area contributed by atoms with E-state index in [-0.39, 0.29) is 29.8 Å². The fourth-order valence-electron chi connectivity index (χ4n) is 3.13. The van der Waals surface area contributed by atoms with Crippen LogP contribution in [0.3, 0.4) is 0 Å². The first-order valence-electron chi connectivity index (χ1n) is 7.68. The molecule has 0 saturated carbocycles. The van der Waals surface area contributed by atoms with Crippen LogP contribution in [0.5, 0.6) is 0 Å². The van der Waals surface area contributed by atoms with Crippen molar-refractivity contribution >= 4 is 10.0 Å². The van der Waals surface area contributed by atoms with Crippen molar-refractivity contribution in [2.24, 2.45) is 5.92 Å². The Morgan fingerprint density at radius 2 is 1.96 bits per heavy atom. The maximum Gasteiger partial charge on any atom is 0.246 e. The summed E-state index contributed by atoms with van der Waals surface area (Å²) >= 11 is 0. The zero-order valence-corrected chi connectivity index (χ0v) is 14.1. The number of benzene rings is 1. The van der Waals surface area contributed by atoms with E-state index < -0.39 is 15.8 Å². The number of sulfonamides is 1. The van der Waals surface area contributed by atoms with Gasteiger partial charge in [0, 0.05) is 43.9 Å². The van der Waals surface area contributed by atoms with Crippen molar-refractivity contribution in [1.29, 1.82) is 0 Å². The molecule has 0 N–H and O–H groups in total. The van der Waals surface area contributed by atoms with Crippen molar-refractivity contribution in [3.63, 3.8) is 0 Å². The molecule has 5 nitrogen and oxygen atoms in total. The van der Waals surface area contributed by atoms with Crippen LogP contribution in [-0.2, 0) is 14.8 Å². The number of pyridine rings is 1. The number of aromatic nitrogens is 1. The number of halogens is 1. The smallest absolute Gasteiger partial charge is 0.246 e. The summed E-state index contributed by atoms with van der Waals surface area (Å²) < 4.78 is 46.1. The maximum atomic E-state index is 14.0. The molecule has 1 aliphatic heterocycles. The molecule has 7 heteroatoms. The van der Waals surface area contributed by atoms with Crippen LogP contribution >= 0.6 is 0 Å². The summed E-state index contributed by atoms with van der Waals surface area (Å²) in [6, 6.07) is 11.0. The van der Waals surface area contributed by atoms with E-state index in [1.54, 1.807) is 13.3 Å². The Bertz CT molecular complexity index is 798. The molecule has 0 radical (unpaired) electrons. The summed E-state index contributed by atoms with van der Waals surface area (Å²) in [4.78, 5) is 4.06. The minimum Gasteiger partial charge on any atom is -0.384 e. The number of methoxy groups -OCH3 is 1. The molecule has 3 rings (SSSR count). The summed E-state index contributed by atoms with van der Waals surface area (Å²) in [6.45, 7) is 0.970. The van der Waals surface area contributed by atoms with Gasteiger partial charge >= 0.3 is 0 Å². The highest BCUT2D eigenvalue weighted by Crippen LogP contribution is 2.35. The van der Waals surface area contributed by atoms with Gasteiger partial charge in [-0.2, -0.15) is 4.31 Å². The number of hydrogen-bond acceptors (Lipinski definition) is 4. The van der Waals surface area contributed by atoms with Gasteiger partial charge in [0.2, 0.25) is 10.0 Å². The van der Waals surface area contributed by atoms with E-state index in [9.17, 15) is 12.8 Å². The highest BCUT2D eigenvalue weighted by atomic mass is 32.2. The maximum absolute atomic E-state index is 14.0. The fraction of sp³-hybridized carbons (Fsp3) is 0.353. The third kappa shape index (κ3) is 3.19. The van der Waals surface area contributed by atoms with Gasteiger partial charge in [-0.25, -0.2) is 12.8 Å². The van der Waals surface area contributed by atoms with Crippen LogP contribution in [0.1, 0.15) is 11.6 Å². The molecule has 1 aromatic carbocycles. The molecule has 1 saturated heterocycles. The Hall–Kier alpha value is -1.83. The van der Waals surface area contributed by atoms with Crippen LogP contribution < -0.4 is 0 Å². The van der Waals surface area contributed by atoms with E-state index in [0.29, 0.717) is 6.61 Å². The average molecular weight is 350 g/mol. The molecule has 0 bridgehead atoms. The van der Waals surface area contributed by atoms with E-state index >= 15 is 0 Å². The second-order valence-electron chi connectivity index (χ2n) is 5.83. The third-order valence-corrected chi connectivity index (χ3v) is 6.18. The molecule has 0 unspecified atom stereocenters. The number of nitrogens with zero attached hydrogens (tertiary/aromatic N) is 2. The Labute approximate surface area is 141 Å². The zero-order chi connectivity index (χ0) is 17.2. The standard InChI is InChI=1S/C17H19FN2O3S/c1-23-12-13-10-20(11-14(13)16-7-4-5-9-19-16)24(21,22)17-8-3-2-6-15(17)18/h2-9,13-14H,10-12H2,1H3/t13-,14+/m0/s1. The van der Waals surface area contributed by atoms with Crippen molar-refractivity contribution < 1.29 is 17.5 Å². The molecule has 0 amide bonds. The largest absolute Gasteiger partial charge is 0.384 e. The molecular weight excluding hydrogens is 331 g/mol. The van der Waals surface area contributed by atoms with Gasteiger partial charge < -0.3 is 4.74 Å². The minimum atomic E-state index is -3.89. The van der Waals surface area contributed by atoms with E-state index in [1.165, 1.54) is 22.5 Å². The SMILES string of the molecule is COC[C@@H]1CN(S(=O)(=O)c2ccccc2F)C[C@H]1c1ccccn1. The van der Waals surface area contributed by atoms with Crippen LogP contribution in [0.15, 0.2) is 53.6 Å². The van der Waals surface area contributed by atoms with Crippen molar-refractivity contribution in [3.05, 3.63) is 60.2 Å². The second-order valence-corrected chi connectivity index (χ2v) is 7.74. The first-order chi connectivity index (χ1) is 11.5. The fourth-order valence-corrected chi connectivity index (χ4v) is 4.72. The number of ether oxygens (including phenoxy) is 1. The zero-order valence-electron chi connectivity index (χ0n) is 13.3. The quantitative estimate of drug-likeness (QED) is 0.830. The van der Waals surface area contributed by atoms with E-state index in [4.69, 9.17) is 4.74 Å². The van der Waals surface area contributed by atoms with Crippen molar-refractivity contribution in [2.75, 3.05) is 26.8 Å². The highest BCUT2D eigenvalue weighted by Gasteiger charge is 2.41. The molecule has 0 spiro atoms. The summed E-state index contributed by atoms with van der Waals surface area (Å²) in [7, 11) is -2.30. The molecule has 2 aromatic rings. The highest BCUT2D eigenvalue weighted by molar-refractivity contribution is 7.89. The first kappa shape index (κ1) is 17.0. The topological polar surface area (TPSA) is 59.5 Å². The van der Waals surface area contributed by atoms with E-state index in [1.807, 2.05) is 18.2 Å². The molecule has 0 aliphatic carbocycles. The molecular formula is C17H19FN2O3S. The van der Waals surface area contributed by atoms with Gasteiger partial charge in [0.05, 0.1) is 6.61 Å². The van der Waals surface area contributed by atoms with E-state index in [2.05, 4.69) is 4.98 Å². The van der Waals surface area contributed by atoms with Gasteiger partial charge in [-0.3, -0.25) is 4.98 Å². The normalized spacial score (nSPS) is 21.9. The summed E-state index contributed by atoms with van der Waals surface area (Å²) in [6.07, 6.45) is 1.69. The first-order valence-corrected chi connectivity index (χ1v) is 9.12. The Kier molecular flexibility index (Phi) is 4.93. The Morgan fingerprint density at radius 3 is 2.62 bits per heavy atom. The van der Waals surface area contributed by atoms with Gasteiger partial charge in [-0.05, 0) is 24.3 Å². The Morgan fingerprint density at radius 1 is 1.21 bits per heavy atom. The van der Waals surface area contributed by atoms with Crippen LogP contribution in [0.25, 0.3) is 0 Å². The molecule has 1 aromatic heterocycles. The van der Waals surface area contributed by atoms with Crippen molar-refractivity contribution in [3.8, 4) is 0 Å². The summed E-state index contributed by atoms with van der Waals surface area (Å²) in [5, 5.41) is 0. The molecule has 1 aliphatic rings. The summed E-state index contributed by atoms with van der Waals surface area (Å²) in [5.74, 6) is -0.832. The molecule has 2 atom stereocenters. The minimum absolute atomic E-state index is 0.0218. The van der Waals surface area contributed by atoms with Gasteiger partial charge in [0.1, 0.15) is 10.7 Å². The molecule has 1 fully saturated rings. The third-order valence-electron chi connectivity index (χ3n) is 4.31. The van der Waals surface area contributed by atoms with Crippen LogP contribution in [0.2, 0.25) is 0 Å². The van der Waals surface area contributed by atoms with Crippen LogP contribution in [-0.4, -0.2) is 44.5 Å². The lowest BCUT2D eigenvalue weighted by Crippen LogP contribution is -2.30. The van der Waals surface area contributed by atoms with Gasteiger partial charge in [0.15, 0.2) is 0 Å². The average Bonchev–Trinajstić information content (AvgIpc) is 3.01. The van der Waals surface area contributed by atoms with Crippen LogP contribution in [0.4, 0.5) is 4.39 Å². The second kappa shape index (κ2) is 6.96. The predicted molar refractivity (Wildman–Crippen MR) is 87.5 cm³/mol. The van der Waals surface area contributed by atoms with Gasteiger partial charge in [-0.1, -0.05) is 18.2 Å². The predicted octanol–water partition coefficient (Wildman–Crippen LogP) is 2.27. The van der Waals surface area contributed by atoms with Crippen molar-refractivity contribution in [2.45, 2.75) is 10.8 Å². The van der Waals surface area contributed by atoms with E-state index in [0.717, 1.165) is 11.8 Å².